The Labute approximate surface area is 167 Å². The fraction of sp³-hybridized carbons (Fsp3) is 0.0455. The molecule has 0 radical (unpaired) electrons. The molecule has 0 fully saturated rings. The predicted molar refractivity (Wildman–Crippen MR) is 112 cm³/mol. The summed E-state index contributed by atoms with van der Waals surface area (Å²) < 4.78 is 1.83. The molecule has 28 heavy (non-hydrogen) atoms. The quantitative estimate of drug-likeness (QED) is 0.502. The molecule has 1 amide bonds. The van der Waals surface area contributed by atoms with Gasteiger partial charge in [0.15, 0.2) is 0 Å². The van der Waals surface area contributed by atoms with Crippen LogP contribution in [0.3, 0.4) is 0 Å². The number of carbonyl (C=O) groups is 1. The van der Waals surface area contributed by atoms with Crippen molar-refractivity contribution in [1.29, 1.82) is 0 Å². The van der Waals surface area contributed by atoms with E-state index in [-0.39, 0.29) is 5.91 Å². The Balaban J connectivity index is 1.31. The van der Waals surface area contributed by atoms with Crippen LogP contribution in [-0.2, 0) is 11.3 Å². The molecule has 6 heteroatoms. The third kappa shape index (κ3) is 4.42. The minimum atomic E-state index is -0.131. The summed E-state index contributed by atoms with van der Waals surface area (Å²) in [6, 6.07) is 18.1. The van der Waals surface area contributed by atoms with E-state index in [0.717, 1.165) is 16.3 Å². The fourth-order valence-corrected chi connectivity index (χ4v) is 3.59. The van der Waals surface area contributed by atoms with Gasteiger partial charge in [0.2, 0.25) is 5.91 Å². The summed E-state index contributed by atoms with van der Waals surface area (Å²) in [5.41, 5.74) is 2.12. The Morgan fingerprint density at radius 3 is 2.75 bits per heavy atom. The summed E-state index contributed by atoms with van der Waals surface area (Å²) in [6.45, 7) is 0.431. The molecule has 0 saturated carbocycles. The van der Waals surface area contributed by atoms with Crippen molar-refractivity contribution >= 4 is 23.3 Å². The zero-order chi connectivity index (χ0) is 19.2. The van der Waals surface area contributed by atoms with E-state index in [4.69, 9.17) is 0 Å². The zero-order valence-corrected chi connectivity index (χ0v) is 15.8. The predicted octanol–water partition coefficient (Wildman–Crippen LogP) is 4.33. The summed E-state index contributed by atoms with van der Waals surface area (Å²) >= 11 is 1.66. The Morgan fingerprint density at radius 2 is 2.00 bits per heavy atom. The van der Waals surface area contributed by atoms with Crippen LogP contribution in [-0.4, -0.2) is 20.4 Å². The van der Waals surface area contributed by atoms with Crippen molar-refractivity contribution in [3.8, 4) is 16.3 Å². The molecule has 0 unspecified atom stereocenters. The lowest BCUT2D eigenvalue weighted by Crippen LogP contribution is -2.20. The average molecular weight is 386 g/mol. The Hall–Kier alpha value is -3.51. The number of pyridine rings is 1. The molecule has 5 nitrogen and oxygen atoms in total. The van der Waals surface area contributed by atoms with Gasteiger partial charge >= 0.3 is 0 Å². The fourth-order valence-electron chi connectivity index (χ4n) is 2.67. The molecule has 4 rings (SSSR count). The van der Waals surface area contributed by atoms with Crippen molar-refractivity contribution in [3.63, 3.8) is 0 Å². The van der Waals surface area contributed by atoms with Crippen LogP contribution in [0.15, 0.2) is 85.6 Å². The highest BCUT2D eigenvalue weighted by Gasteiger charge is 2.02. The minimum absolute atomic E-state index is 0.131. The minimum Gasteiger partial charge on any atom is -0.348 e. The third-order valence-electron chi connectivity index (χ3n) is 4.13. The molecule has 3 heterocycles. The maximum atomic E-state index is 12.1. The van der Waals surface area contributed by atoms with E-state index in [1.165, 1.54) is 10.4 Å². The van der Waals surface area contributed by atoms with Crippen molar-refractivity contribution in [2.75, 3.05) is 0 Å². The van der Waals surface area contributed by atoms with E-state index in [1.807, 2.05) is 53.2 Å². The molecule has 0 spiro atoms. The topological polar surface area (TPSA) is 59.8 Å². The molecule has 138 valence electrons. The number of thiophene rings is 1. The molecule has 0 aliphatic carbocycles. The molecule has 0 bridgehead atoms. The molecular weight excluding hydrogens is 368 g/mol. The lowest BCUT2D eigenvalue weighted by atomic mass is 10.2. The van der Waals surface area contributed by atoms with Gasteiger partial charge in [0.25, 0.3) is 0 Å². The number of rotatable bonds is 6. The van der Waals surface area contributed by atoms with E-state index in [1.54, 1.807) is 36.1 Å². The second-order valence-corrected chi connectivity index (χ2v) is 7.23. The van der Waals surface area contributed by atoms with Crippen LogP contribution < -0.4 is 5.32 Å². The summed E-state index contributed by atoms with van der Waals surface area (Å²) in [5, 5.41) is 2.88. The van der Waals surface area contributed by atoms with Crippen molar-refractivity contribution in [3.05, 3.63) is 96.0 Å². The van der Waals surface area contributed by atoms with Gasteiger partial charge in [0, 0.05) is 41.0 Å². The molecule has 0 atom stereocenters. The maximum Gasteiger partial charge on any atom is 0.244 e. The highest BCUT2D eigenvalue weighted by molar-refractivity contribution is 7.16. The summed E-state index contributed by atoms with van der Waals surface area (Å²) in [6.07, 6.45) is 10.4. The van der Waals surface area contributed by atoms with Crippen molar-refractivity contribution in [2.24, 2.45) is 0 Å². The second kappa shape index (κ2) is 8.45. The first-order valence-electron chi connectivity index (χ1n) is 8.82. The number of carbonyl (C=O) groups excluding carboxylic acids is 1. The van der Waals surface area contributed by atoms with Crippen LogP contribution in [0.1, 0.15) is 10.4 Å². The molecule has 1 N–H and O–H groups in total. The van der Waals surface area contributed by atoms with E-state index in [9.17, 15) is 4.79 Å². The van der Waals surface area contributed by atoms with Crippen LogP contribution in [0, 0.1) is 0 Å². The number of aromatic nitrogens is 3. The Kier molecular flexibility index (Phi) is 5.40. The lowest BCUT2D eigenvalue weighted by Gasteiger charge is -2.04. The van der Waals surface area contributed by atoms with Crippen LogP contribution in [0.25, 0.3) is 22.3 Å². The summed E-state index contributed by atoms with van der Waals surface area (Å²) in [5.74, 6) is 0.660. The first-order chi connectivity index (χ1) is 13.8. The molecule has 1 aromatic carbocycles. The van der Waals surface area contributed by atoms with Gasteiger partial charge in [-0.1, -0.05) is 36.4 Å². The van der Waals surface area contributed by atoms with Gasteiger partial charge in [-0.05, 0) is 35.4 Å². The van der Waals surface area contributed by atoms with Gasteiger partial charge in [-0.25, -0.2) is 9.97 Å². The van der Waals surface area contributed by atoms with Crippen LogP contribution in [0.4, 0.5) is 0 Å². The van der Waals surface area contributed by atoms with Gasteiger partial charge < -0.3 is 5.32 Å². The van der Waals surface area contributed by atoms with Gasteiger partial charge in [-0.2, -0.15) is 0 Å². The number of hydrogen-bond donors (Lipinski definition) is 1. The van der Waals surface area contributed by atoms with Crippen LogP contribution in [0.5, 0.6) is 0 Å². The standard InChI is InChI=1S/C22H18N4OS/c27-22(11-8-19-7-9-20(28-19)18-4-2-1-3-5-18)25-15-17-6-10-21(24-14-17)26-13-12-23-16-26/h1-14,16H,15H2,(H,25,27)/b11-8+. The number of hydrogen-bond acceptors (Lipinski definition) is 4. The van der Waals surface area contributed by atoms with Crippen molar-refractivity contribution in [1.82, 2.24) is 19.9 Å². The van der Waals surface area contributed by atoms with E-state index >= 15 is 0 Å². The second-order valence-electron chi connectivity index (χ2n) is 6.11. The number of amides is 1. The summed E-state index contributed by atoms with van der Waals surface area (Å²) in [4.78, 5) is 22.7. The van der Waals surface area contributed by atoms with Gasteiger partial charge in [-0.3, -0.25) is 9.36 Å². The normalized spacial score (nSPS) is 11.0. The van der Waals surface area contributed by atoms with Gasteiger partial charge in [-0.15, -0.1) is 11.3 Å². The molecule has 0 aliphatic heterocycles. The molecule has 0 saturated heterocycles. The summed E-state index contributed by atoms with van der Waals surface area (Å²) in [7, 11) is 0. The lowest BCUT2D eigenvalue weighted by molar-refractivity contribution is -0.116. The highest BCUT2D eigenvalue weighted by Crippen LogP contribution is 2.28. The van der Waals surface area contributed by atoms with Crippen molar-refractivity contribution < 1.29 is 4.79 Å². The monoisotopic (exact) mass is 386 g/mol. The first kappa shape index (κ1) is 17.9. The van der Waals surface area contributed by atoms with E-state index < -0.39 is 0 Å². The third-order valence-corrected chi connectivity index (χ3v) is 5.23. The van der Waals surface area contributed by atoms with E-state index in [0.29, 0.717) is 6.54 Å². The number of nitrogens with zero attached hydrogens (tertiary/aromatic N) is 3. The molecule has 4 aromatic rings. The Bertz CT molecular complexity index is 1070. The van der Waals surface area contributed by atoms with Crippen LogP contribution >= 0.6 is 11.3 Å². The molecular formula is C22H18N4OS. The van der Waals surface area contributed by atoms with Crippen molar-refractivity contribution in [2.45, 2.75) is 6.54 Å². The Morgan fingerprint density at radius 1 is 1.11 bits per heavy atom. The number of benzene rings is 1. The highest BCUT2D eigenvalue weighted by atomic mass is 32.1. The number of imidazole rings is 1. The smallest absolute Gasteiger partial charge is 0.244 e. The SMILES string of the molecule is O=C(/C=C/c1ccc(-c2ccccc2)s1)NCc1ccc(-n2ccnc2)nc1. The number of nitrogens with one attached hydrogen (secondary N) is 1. The van der Waals surface area contributed by atoms with E-state index in [2.05, 4.69) is 33.5 Å². The molecule has 3 aromatic heterocycles. The molecule has 0 aliphatic rings. The first-order valence-corrected chi connectivity index (χ1v) is 9.64. The van der Waals surface area contributed by atoms with Crippen LogP contribution in [0.2, 0.25) is 0 Å². The maximum absolute atomic E-state index is 12.1. The van der Waals surface area contributed by atoms with Gasteiger partial charge in [0.1, 0.15) is 12.1 Å². The zero-order valence-electron chi connectivity index (χ0n) is 15.0. The largest absolute Gasteiger partial charge is 0.348 e. The average Bonchev–Trinajstić information content (AvgIpc) is 3.44. The van der Waals surface area contributed by atoms with Gasteiger partial charge in [0.05, 0.1) is 0 Å².